The van der Waals surface area contributed by atoms with Gasteiger partial charge >= 0.3 is 6.18 Å². The van der Waals surface area contributed by atoms with Crippen molar-refractivity contribution in [3.05, 3.63) is 29.6 Å². The van der Waals surface area contributed by atoms with E-state index in [4.69, 9.17) is 10.9 Å². The van der Waals surface area contributed by atoms with Gasteiger partial charge in [0.1, 0.15) is 5.69 Å². The lowest BCUT2D eigenvalue weighted by atomic mass is 10.1. The molecule has 0 aromatic carbocycles. The van der Waals surface area contributed by atoms with E-state index in [9.17, 15) is 13.2 Å². The molecule has 0 saturated carbocycles. The first-order chi connectivity index (χ1) is 7.90. The van der Waals surface area contributed by atoms with E-state index >= 15 is 0 Å². The average molecular weight is 249 g/mol. The van der Waals surface area contributed by atoms with Gasteiger partial charge in [0.05, 0.1) is 0 Å². The van der Waals surface area contributed by atoms with Crippen LogP contribution >= 0.6 is 0 Å². The van der Waals surface area contributed by atoms with Gasteiger partial charge in [-0.1, -0.05) is 5.16 Å². The van der Waals surface area contributed by atoms with E-state index in [1.807, 2.05) is 0 Å². The molecule has 0 aliphatic heterocycles. The van der Waals surface area contributed by atoms with Crippen molar-refractivity contribution in [3.8, 4) is 0 Å². The predicted octanol–water partition coefficient (Wildman–Crippen LogP) is 1.43. The lowest BCUT2D eigenvalue weighted by molar-refractivity contribution is -0.216. The first kappa shape index (κ1) is 13.2. The molecule has 1 unspecified atom stereocenters. The molecule has 0 aliphatic carbocycles. The number of aromatic nitrogens is 1. The van der Waals surface area contributed by atoms with Crippen LogP contribution in [-0.4, -0.2) is 29.3 Å². The summed E-state index contributed by atoms with van der Waals surface area (Å²) in [5, 5.41) is 11.1. The highest BCUT2D eigenvalue weighted by Gasteiger charge is 2.41. The van der Waals surface area contributed by atoms with E-state index in [0.29, 0.717) is 0 Å². The number of oxime groups is 1. The number of pyridine rings is 1. The Bertz CT molecular complexity index is 420. The number of amidine groups is 1. The zero-order valence-corrected chi connectivity index (χ0v) is 8.77. The summed E-state index contributed by atoms with van der Waals surface area (Å²) >= 11 is 0. The number of halogens is 3. The summed E-state index contributed by atoms with van der Waals surface area (Å²) in [6.07, 6.45) is -5.49. The topological polar surface area (TPSA) is 80.7 Å². The van der Waals surface area contributed by atoms with Gasteiger partial charge in [0.15, 0.2) is 11.9 Å². The highest BCUT2D eigenvalue weighted by molar-refractivity contribution is 5.95. The maximum atomic E-state index is 12.6. The van der Waals surface area contributed by atoms with Gasteiger partial charge in [0.25, 0.3) is 0 Å². The van der Waals surface area contributed by atoms with Crippen molar-refractivity contribution in [2.45, 2.75) is 12.3 Å². The minimum absolute atomic E-state index is 0.0590. The Balaban J connectivity index is 3.14. The molecule has 0 amide bonds. The quantitative estimate of drug-likeness (QED) is 0.367. The van der Waals surface area contributed by atoms with Crippen molar-refractivity contribution in [1.82, 2.24) is 4.98 Å². The molecule has 94 valence electrons. The molecule has 0 bridgehead atoms. The van der Waals surface area contributed by atoms with Gasteiger partial charge in [0, 0.05) is 13.3 Å². The zero-order valence-electron chi connectivity index (χ0n) is 8.77. The fourth-order valence-corrected chi connectivity index (χ4v) is 1.26. The number of nitrogens with two attached hydrogens (primary N) is 1. The van der Waals surface area contributed by atoms with E-state index in [1.54, 1.807) is 0 Å². The molecule has 0 radical (unpaired) electrons. The first-order valence-corrected chi connectivity index (χ1v) is 4.43. The van der Waals surface area contributed by atoms with E-state index in [1.165, 1.54) is 0 Å². The van der Waals surface area contributed by atoms with Crippen LogP contribution in [0.2, 0.25) is 0 Å². The van der Waals surface area contributed by atoms with Crippen LogP contribution in [0.4, 0.5) is 13.2 Å². The van der Waals surface area contributed by atoms with Gasteiger partial charge in [-0.2, -0.15) is 13.2 Å². The number of ether oxygens (including phenoxy) is 1. The van der Waals surface area contributed by atoms with Crippen LogP contribution in [0, 0.1) is 0 Å². The smallest absolute Gasteiger partial charge is 0.409 e. The fraction of sp³-hybridized carbons (Fsp3) is 0.333. The molecule has 8 heteroatoms. The van der Waals surface area contributed by atoms with E-state index in [-0.39, 0.29) is 17.1 Å². The Morgan fingerprint density at radius 1 is 1.59 bits per heavy atom. The Kier molecular flexibility index (Phi) is 3.89. The van der Waals surface area contributed by atoms with Crippen LogP contribution in [0.15, 0.2) is 23.5 Å². The molecular formula is C9H10F3N3O2. The highest BCUT2D eigenvalue weighted by atomic mass is 19.4. The minimum atomic E-state index is -4.54. The van der Waals surface area contributed by atoms with Gasteiger partial charge in [0.2, 0.25) is 0 Å². The molecular weight excluding hydrogens is 239 g/mol. The molecule has 0 spiro atoms. The summed E-state index contributed by atoms with van der Waals surface area (Å²) < 4.78 is 42.1. The third-order valence-electron chi connectivity index (χ3n) is 1.99. The standard InChI is InChI=1S/C9H10F3N3O2/c1-17-7(9(10,11)12)5-2-3-14-6(4-5)8(13)15-16/h2-4,7,16H,1H3,(H2,13,15). The molecule has 1 aromatic heterocycles. The highest BCUT2D eigenvalue weighted by Crippen LogP contribution is 2.35. The summed E-state index contributed by atoms with van der Waals surface area (Å²) in [5.41, 5.74) is 5.00. The number of methoxy groups -OCH3 is 1. The summed E-state index contributed by atoms with van der Waals surface area (Å²) in [6.45, 7) is 0. The molecule has 1 rings (SSSR count). The van der Waals surface area contributed by atoms with Crippen molar-refractivity contribution in [2.75, 3.05) is 7.11 Å². The second-order valence-electron chi connectivity index (χ2n) is 3.12. The molecule has 1 heterocycles. The van der Waals surface area contributed by atoms with E-state index in [2.05, 4.69) is 14.9 Å². The van der Waals surface area contributed by atoms with Crippen LogP contribution in [-0.2, 0) is 4.74 Å². The molecule has 1 atom stereocenters. The lowest BCUT2D eigenvalue weighted by Crippen LogP contribution is -2.23. The van der Waals surface area contributed by atoms with E-state index < -0.39 is 12.3 Å². The Morgan fingerprint density at radius 2 is 2.24 bits per heavy atom. The Morgan fingerprint density at radius 3 is 2.71 bits per heavy atom. The van der Waals surface area contributed by atoms with Crippen LogP contribution in [0.3, 0.4) is 0 Å². The lowest BCUT2D eigenvalue weighted by Gasteiger charge is -2.19. The van der Waals surface area contributed by atoms with Crippen LogP contribution in [0.5, 0.6) is 0 Å². The molecule has 3 N–H and O–H groups in total. The van der Waals surface area contributed by atoms with Gasteiger partial charge < -0.3 is 15.7 Å². The zero-order chi connectivity index (χ0) is 13.1. The summed E-state index contributed by atoms with van der Waals surface area (Å²) in [5.74, 6) is -0.371. The van der Waals surface area contributed by atoms with Crippen molar-refractivity contribution in [2.24, 2.45) is 10.9 Å². The minimum Gasteiger partial charge on any atom is -0.409 e. The van der Waals surface area contributed by atoms with Crippen LogP contribution in [0.1, 0.15) is 17.4 Å². The summed E-state index contributed by atoms with van der Waals surface area (Å²) in [4.78, 5) is 3.67. The number of alkyl halides is 3. The largest absolute Gasteiger partial charge is 0.418 e. The van der Waals surface area contributed by atoms with Gasteiger partial charge in [-0.25, -0.2) is 0 Å². The second kappa shape index (κ2) is 5.00. The van der Waals surface area contributed by atoms with Gasteiger partial charge in [-0.15, -0.1) is 0 Å². The van der Waals surface area contributed by atoms with Gasteiger partial charge in [-0.05, 0) is 17.7 Å². The Labute approximate surface area is 94.7 Å². The average Bonchev–Trinajstić information content (AvgIpc) is 2.27. The second-order valence-corrected chi connectivity index (χ2v) is 3.12. The SMILES string of the molecule is COC(c1ccnc(/C(N)=N/O)c1)C(F)(F)F. The third-order valence-corrected chi connectivity index (χ3v) is 1.99. The molecule has 1 aromatic rings. The summed E-state index contributed by atoms with van der Waals surface area (Å²) in [6, 6.07) is 2.20. The number of rotatable bonds is 3. The number of hydrogen-bond donors (Lipinski definition) is 2. The van der Waals surface area contributed by atoms with Crippen molar-refractivity contribution >= 4 is 5.84 Å². The third kappa shape index (κ3) is 3.06. The maximum absolute atomic E-state index is 12.6. The molecule has 17 heavy (non-hydrogen) atoms. The van der Waals surface area contributed by atoms with Crippen molar-refractivity contribution < 1.29 is 23.1 Å². The molecule has 0 aliphatic rings. The predicted molar refractivity (Wildman–Crippen MR) is 52.6 cm³/mol. The first-order valence-electron chi connectivity index (χ1n) is 4.43. The van der Waals surface area contributed by atoms with Crippen molar-refractivity contribution in [1.29, 1.82) is 0 Å². The van der Waals surface area contributed by atoms with Crippen LogP contribution in [0.25, 0.3) is 0 Å². The molecule has 0 saturated heterocycles. The summed E-state index contributed by atoms with van der Waals surface area (Å²) in [7, 11) is 0.946. The van der Waals surface area contributed by atoms with Gasteiger partial charge in [-0.3, -0.25) is 4.98 Å². The fourth-order valence-electron chi connectivity index (χ4n) is 1.26. The maximum Gasteiger partial charge on any atom is 0.418 e. The molecule has 0 fully saturated rings. The normalized spacial score (nSPS) is 14.7. The monoisotopic (exact) mass is 249 g/mol. The molecule has 5 nitrogen and oxygen atoms in total. The number of nitrogens with zero attached hydrogens (tertiary/aromatic N) is 2. The van der Waals surface area contributed by atoms with E-state index in [0.717, 1.165) is 25.4 Å². The Hall–Kier alpha value is -1.83. The number of hydrogen-bond acceptors (Lipinski definition) is 4. The van der Waals surface area contributed by atoms with Crippen molar-refractivity contribution in [3.63, 3.8) is 0 Å². The van der Waals surface area contributed by atoms with Crippen LogP contribution < -0.4 is 5.73 Å².